The smallest absolute Gasteiger partial charge is 0.219 e. The van der Waals surface area contributed by atoms with Gasteiger partial charge in [0.1, 0.15) is 0 Å². The number of hydrogen-bond donors (Lipinski definition) is 1. The maximum atomic E-state index is 12.0. The lowest BCUT2D eigenvalue weighted by Gasteiger charge is -2.60. The van der Waals surface area contributed by atoms with Crippen LogP contribution >= 0.6 is 0 Å². The zero-order chi connectivity index (χ0) is 19.8. The maximum Gasteiger partial charge on any atom is 0.219 e. The Labute approximate surface area is 174 Å². The topological polar surface area (TPSA) is 29.1 Å². The summed E-state index contributed by atoms with van der Waals surface area (Å²) < 4.78 is 0. The van der Waals surface area contributed by atoms with E-state index in [1.807, 2.05) is 0 Å². The molecule has 7 atom stereocenters. The highest BCUT2D eigenvalue weighted by molar-refractivity contribution is 5.75. The third kappa shape index (κ3) is 3.56. The zero-order valence-corrected chi connectivity index (χ0v) is 18.9. The molecule has 28 heavy (non-hydrogen) atoms. The van der Waals surface area contributed by atoms with Crippen molar-refractivity contribution >= 4 is 5.91 Å². The Hall–Kier alpha value is -0.530. The molecular weight excluding hydrogens is 342 g/mol. The van der Waals surface area contributed by atoms with Crippen LogP contribution in [0.4, 0.5) is 0 Å². The molecule has 2 nitrogen and oxygen atoms in total. The molecule has 4 saturated carbocycles. The molecule has 0 aromatic carbocycles. The molecule has 0 aromatic rings. The van der Waals surface area contributed by atoms with E-state index in [1.54, 1.807) is 0 Å². The van der Waals surface area contributed by atoms with Crippen molar-refractivity contribution in [2.45, 2.75) is 111 Å². The van der Waals surface area contributed by atoms with E-state index in [0.29, 0.717) is 10.8 Å². The van der Waals surface area contributed by atoms with Gasteiger partial charge in [0, 0.05) is 13.0 Å². The summed E-state index contributed by atoms with van der Waals surface area (Å²) in [5, 5.41) is 3.05. The van der Waals surface area contributed by atoms with Crippen LogP contribution in [0.25, 0.3) is 0 Å². The second-order valence-corrected chi connectivity index (χ2v) is 11.5. The lowest BCUT2D eigenvalue weighted by atomic mass is 9.45. The minimum absolute atomic E-state index is 0.272. The van der Waals surface area contributed by atoms with Crippen LogP contribution < -0.4 is 5.32 Å². The second-order valence-electron chi connectivity index (χ2n) is 11.5. The van der Waals surface area contributed by atoms with Crippen molar-refractivity contribution < 1.29 is 4.79 Å². The monoisotopic (exact) mass is 387 g/mol. The summed E-state index contributed by atoms with van der Waals surface area (Å²) >= 11 is 0. The molecule has 160 valence electrons. The average molecular weight is 388 g/mol. The molecule has 1 N–H and O–H groups in total. The van der Waals surface area contributed by atoms with E-state index in [2.05, 4.69) is 26.1 Å². The van der Waals surface area contributed by atoms with Crippen LogP contribution in [0.1, 0.15) is 111 Å². The van der Waals surface area contributed by atoms with E-state index < -0.39 is 0 Å². The molecule has 4 aliphatic rings. The summed E-state index contributed by atoms with van der Waals surface area (Å²) in [5.41, 5.74) is 1.23. The van der Waals surface area contributed by atoms with Gasteiger partial charge in [0.2, 0.25) is 5.91 Å². The van der Waals surface area contributed by atoms with Gasteiger partial charge >= 0.3 is 0 Å². The summed E-state index contributed by atoms with van der Waals surface area (Å²) in [7, 11) is 0. The first-order chi connectivity index (χ1) is 13.5. The average Bonchev–Trinajstić information content (AvgIpc) is 3.02. The number of rotatable bonds is 6. The molecule has 4 aliphatic carbocycles. The fourth-order valence-electron chi connectivity index (χ4n) is 8.74. The molecule has 4 fully saturated rings. The highest BCUT2D eigenvalue weighted by atomic mass is 16.1. The van der Waals surface area contributed by atoms with Gasteiger partial charge < -0.3 is 5.32 Å². The normalized spacial score (nSPS) is 45.0. The quantitative estimate of drug-likeness (QED) is 0.537. The highest BCUT2D eigenvalue weighted by Crippen LogP contribution is 2.67. The molecule has 1 amide bonds. The highest BCUT2D eigenvalue weighted by Gasteiger charge is 2.59. The molecule has 0 radical (unpaired) electrons. The van der Waals surface area contributed by atoms with E-state index in [9.17, 15) is 4.79 Å². The van der Waals surface area contributed by atoms with Crippen LogP contribution in [0.15, 0.2) is 0 Å². The third-order valence-corrected chi connectivity index (χ3v) is 10.3. The third-order valence-electron chi connectivity index (χ3n) is 10.3. The van der Waals surface area contributed by atoms with Crippen LogP contribution in [0, 0.1) is 40.4 Å². The first kappa shape index (κ1) is 20.7. The summed E-state index contributed by atoms with van der Waals surface area (Å²) in [6.45, 7) is 8.30. The fraction of sp³-hybridized carbons (Fsp3) is 0.962. The molecule has 7 unspecified atom stereocenters. The summed E-state index contributed by atoms with van der Waals surface area (Å²) in [4.78, 5) is 12.0. The largest absolute Gasteiger partial charge is 0.356 e. The van der Waals surface area contributed by atoms with E-state index in [4.69, 9.17) is 0 Å². The number of hydrogen-bond acceptors (Lipinski definition) is 1. The molecule has 0 spiro atoms. The number of amides is 1. The van der Waals surface area contributed by atoms with Crippen molar-refractivity contribution in [2.75, 3.05) is 6.54 Å². The van der Waals surface area contributed by atoms with Crippen molar-refractivity contribution in [3.63, 3.8) is 0 Å². The van der Waals surface area contributed by atoms with Gasteiger partial charge in [0.05, 0.1) is 0 Å². The standard InChI is InChI=1S/C26H45NO/c1-4-18-27-24(28)10-7-9-20-12-14-22-21-13-11-19-8-5-6-16-25(19,2)23(21)15-17-26(20,22)3/h19-23H,4-18H2,1-3H3,(H,27,28). The Bertz CT molecular complexity index is 559. The van der Waals surface area contributed by atoms with Gasteiger partial charge in [0.25, 0.3) is 0 Å². The minimum Gasteiger partial charge on any atom is -0.356 e. The van der Waals surface area contributed by atoms with E-state index in [0.717, 1.165) is 55.4 Å². The lowest BCUT2D eigenvalue weighted by molar-refractivity contribution is -0.121. The van der Waals surface area contributed by atoms with Crippen LogP contribution in [-0.2, 0) is 4.79 Å². The lowest BCUT2D eigenvalue weighted by Crippen LogP contribution is -2.52. The SMILES string of the molecule is CCCNC(=O)CCCC1CCC2C3CCC4CCCCC4(C)C3CCC12C. The van der Waals surface area contributed by atoms with E-state index in [1.165, 1.54) is 70.6 Å². The van der Waals surface area contributed by atoms with Gasteiger partial charge in [-0.25, -0.2) is 0 Å². The summed E-state index contributed by atoms with van der Waals surface area (Å²) in [5.74, 6) is 5.18. The predicted molar refractivity (Wildman–Crippen MR) is 117 cm³/mol. The molecule has 0 saturated heterocycles. The molecule has 0 bridgehead atoms. The number of fused-ring (bicyclic) bond motifs is 5. The number of carbonyl (C=O) groups excluding carboxylic acids is 1. The molecule has 2 heteroatoms. The Balaban J connectivity index is 1.37. The van der Waals surface area contributed by atoms with Crippen molar-refractivity contribution in [1.82, 2.24) is 5.32 Å². The van der Waals surface area contributed by atoms with Crippen LogP contribution in [0.2, 0.25) is 0 Å². The molecule has 0 aliphatic heterocycles. The predicted octanol–water partition coefficient (Wildman–Crippen LogP) is 6.73. The van der Waals surface area contributed by atoms with Crippen molar-refractivity contribution in [1.29, 1.82) is 0 Å². The van der Waals surface area contributed by atoms with Crippen LogP contribution in [0.5, 0.6) is 0 Å². The minimum atomic E-state index is 0.272. The Kier molecular flexibility index (Phi) is 6.15. The molecule has 0 heterocycles. The molecule has 0 aromatic heterocycles. The van der Waals surface area contributed by atoms with Gasteiger partial charge in [-0.05, 0) is 111 Å². The Morgan fingerprint density at radius 2 is 1.75 bits per heavy atom. The van der Waals surface area contributed by atoms with Gasteiger partial charge in [-0.2, -0.15) is 0 Å². The Morgan fingerprint density at radius 1 is 0.929 bits per heavy atom. The number of nitrogens with one attached hydrogen (secondary N) is 1. The molecule has 4 rings (SSSR count). The van der Waals surface area contributed by atoms with Gasteiger partial charge in [-0.15, -0.1) is 0 Å². The Morgan fingerprint density at radius 3 is 2.57 bits per heavy atom. The van der Waals surface area contributed by atoms with Gasteiger partial charge in [-0.1, -0.05) is 33.6 Å². The van der Waals surface area contributed by atoms with Gasteiger partial charge in [0.15, 0.2) is 0 Å². The second kappa shape index (κ2) is 8.31. The zero-order valence-electron chi connectivity index (χ0n) is 18.9. The number of carbonyl (C=O) groups is 1. The van der Waals surface area contributed by atoms with Crippen LogP contribution in [0.3, 0.4) is 0 Å². The summed E-state index contributed by atoms with van der Waals surface area (Å²) in [6, 6.07) is 0. The van der Waals surface area contributed by atoms with Crippen molar-refractivity contribution in [3.05, 3.63) is 0 Å². The van der Waals surface area contributed by atoms with Gasteiger partial charge in [-0.3, -0.25) is 4.79 Å². The van der Waals surface area contributed by atoms with E-state index in [-0.39, 0.29) is 5.91 Å². The molecular formula is C26H45NO. The van der Waals surface area contributed by atoms with Crippen LogP contribution in [-0.4, -0.2) is 12.5 Å². The fourth-order valence-corrected chi connectivity index (χ4v) is 8.74. The summed E-state index contributed by atoms with van der Waals surface area (Å²) in [6.07, 6.45) is 19.1. The van der Waals surface area contributed by atoms with Crippen molar-refractivity contribution in [3.8, 4) is 0 Å². The first-order valence-corrected chi connectivity index (χ1v) is 12.8. The van der Waals surface area contributed by atoms with Crippen molar-refractivity contribution in [2.24, 2.45) is 40.4 Å². The maximum absolute atomic E-state index is 12.0. The van der Waals surface area contributed by atoms with E-state index >= 15 is 0 Å². The first-order valence-electron chi connectivity index (χ1n) is 12.8.